The van der Waals surface area contributed by atoms with Crippen LogP contribution in [0.25, 0.3) is 5.65 Å². The Hall–Kier alpha value is -2.29. The lowest BCUT2D eigenvalue weighted by atomic mass is 10.1. The number of rotatable bonds is 2. The molecule has 90 valence electrons. The van der Waals surface area contributed by atoms with E-state index in [4.69, 9.17) is 5.73 Å². The fourth-order valence-electron chi connectivity index (χ4n) is 2.14. The molecule has 1 aromatic carbocycles. The summed E-state index contributed by atoms with van der Waals surface area (Å²) in [5.41, 5.74) is 10.4. The van der Waals surface area contributed by atoms with Crippen LogP contribution in [0.1, 0.15) is 16.8 Å². The Kier molecular flexibility index (Phi) is 2.52. The van der Waals surface area contributed by atoms with Crippen molar-refractivity contribution < 1.29 is 0 Å². The first-order valence-electron chi connectivity index (χ1n) is 6.01. The largest absolute Gasteiger partial charge is 0.383 e. The molecule has 0 amide bonds. The topological polar surface area (TPSA) is 43.3 Å². The van der Waals surface area contributed by atoms with Gasteiger partial charge in [-0.15, -0.1) is 0 Å². The minimum Gasteiger partial charge on any atom is -0.383 e. The van der Waals surface area contributed by atoms with Crippen molar-refractivity contribution in [3.05, 3.63) is 65.5 Å². The lowest BCUT2D eigenvalue weighted by Crippen LogP contribution is -1.97. The van der Waals surface area contributed by atoms with Crippen molar-refractivity contribution >= 4 is 11.5 Å². The molecule has 3 aromatic rings. The molecule has 0 saturated carbocycles. The molecule has 0 aliphatic heterocycles. The second-order valence-electron chi connectivity index (χ2n) is 4.54. The van der Waals surface area contributed by atoms with Crippen molar-refractivity contribution in [2.45, 2.75) is 13.3 Å². The Morgan fingerprint density at radius 3 is 2.67 bits per heavy atom. The van der Waals surface area contributed by atoms with E-state index in [1.165, 1.54) is 11.1 Å². The second kappa shape index (κ2) is 4.18. The van der Waals surface area contributed by atoms with E-state index in [-0.39, 0.29) is 0 Å². The van der Waals surface area contributed by atoms with Crippen molar-refractivity contribution in [2.24, 2.45) is 0 Å². The Morgan fingerprint density at radius 1 is 1.11 bits per heavy atom. The van der Waals surface area contributed by atoms with Crippen molar-refractivity contribution in [3.63, 3.8) is 0 Å². The number of benzene rings is 1. The number of pyridine rings is 1. The van der Waals surface area contributed by atoms with Gasteiger partial charge in [0.05, 0.1) is 5.69 Å². The van der Waals surface area contributed by atoms with Crippen LogP contribution in [-0.4, -0.2) is 9.38 Å². The third kappa shape index (κ3) is 1.84. The van der Waals surface area contributed by atoms with Crippen molar-refractivity contribution in [1.82, 2.24) is 9.38 Å². The first-order valence-corrected chi connectivity index (χ1v) is 6.01. The lowest BCUT2D eigenvalue weighted by Gasteiger charge is -2.00. The van der Waals surface area contributed by atoms with E-state index >= 15 is 0 Å². The van der Waals surface area contributed by atoms with Crippen LogP contribution in [0.4, 0.5) is 5.82 Å². The van der Waals surface area contributed by atoms with Crippen LogP contribution < -0.4 is 5.73 Å². The predicted octanol–water partition coefficient (Wildman–Crippen LogP) is 2.82. The van der Waals surface area contributed by atoms with Crippen LogP contribution in [0.15, 0.2) is 48.7 Å². The van der Waals surface area contributed by atoms with Gasteiger partial charge >= 0.3 is 0 Å². The molecule has 0 saturated heterocycles. The summed E-state index contributed by atoms with van der Waals surface area (Å²) in [5.74, 6) is 0.734. The average Bonchev–Trinajstić information content (AvgIpc) is 2.68. The molecule has 0 bridgehead atoms. The number of nitrogen functional groups attached to an aromatic ring is 1. The Bertz CT molecular complexity index is 684. The lowest BCUT2D eigenvalue weighted by molar-refractivity contribution is 1.12. The fourth-order valence-corrected chi connectivity index (χ4v) is 2.14. The number of hydrogen-bond acceptors (Lipinski definition) is 2. The van der Waals surface area contributed by atoms with Crippen molar-refractivity contribution in [2.75, 3.05) is 5.73 Å². The van der Waals surface area contributed by atoms with Gasteiger partial charge in [0.15, 0.2) is 0 Å². The zero-order valence-electron chi connectivity index (χ0n) is 10.3. The molecule has 3 heteroatoms. The monoisotopic (exact) mass is 237 g/mol. The molecule has 0 spiro atoms. The zero-order valence-corrected chi connectivity index (χ0v) is 10.3. The molecule has 2 heterocycles. The maximum atomic E-state index is 6.16. The van der Waals surface area contributed by atoms with Gasteiger partial charge in [0.1, 0.15) is 11.5 Å². The van der Waals surface area contributed by atoms with E-state index in [1.54, 1.807) is 0 Å². The van der Waals surface area contributed by atoms with Gasteiger partial charge in [0.2, 0.25) is 0 Å². The highest BCUT2D eigenvalue weighted by molar-refractivity contribution is 5.54. The number of aromatic nitrogens is 2. The third-order valence-electron chi connectivity index (χ3n) is 3.09. The summed E-state index contributed by atoms with van der Waals surface area (Å²) in [6.07, 6.45) is 2.79. The van der Waals surface area contributed by atoms with Crippen LogP contribution in [0.3, 0.4) is 0 Å². The Labute approximate surface area is 106 Å². The van der Waals surface area contributed by atoms with E-state index in [2.05, 4.69) is 24.0 Å². The minimum absolute atomic E-state index is 0.734. The normalized spacial score (nSPS) is 10.9. The molecule has 0 aliphatic rings. The first kappa shape index (κ1) is 10.8. The van der Waals surface area contributed by atoms with E-state index in [9.17, 15) is 0 Å². The molecule has 0 unspecified atom stereocenters. The van der Waals surface area contributed by atoms with Crippen LogP contribution in [0.2, 0.25) is 0 Å². The summed E-state index contributed by atoms with van der Waals surface area (Å²) in [7, 11) is 0. The summed E-state index contributed by atoms with van der Waals surface area (Å²) < 4.78 is 1.95. The van der Waals surface area contributed by atoms with Gasteiger partial charge < -0.3 is 5.73 Å². The number of aryl methyl sites for hydroxylation is 1. The standard InChI is InChI=1S/C15H15N3/c1-11-7-8-14-17-13(15(16)18(14)10-11)9-12-5-3-2-4-6-12/h2-8,10H,9,16H2,1H3. The highest BCUT2D eigenvalue weighted by Gasteiger charge is 2.09. The third-order valence-corrected chi connectivity index (χ3v) is 3.09. The van der Waals surface area contributed by atoms with Gasteiger partial charge in [-0.25, -0.2) is 4.98 Å². The number of nitrogens with zero attached hydrogens (tertiary/aromatic N) is 2. The van der Waals surface area contributed by atoms with Crippen LogP contribution in [-0.2, 0) is 6.42 Å². The molecule has 0 fully saturated rings. The molecule has 2 N–H and O–H groups in total. The number of fused-ring (bicyclic) bond motifs is 1. The van der Waals surface area contributed by atoms with Crippen LogP contribution in [0.5, 0.6) is 0 Å². The van der Waals surface area contributed by atoms with Gasteiger partial charge in [-0.1, -0.05) is 36.4 Å². The minimum atomic E-state index is 0.734. The molecule has 0 atom stereocenters. The summed E-state index contributed by atoms with van der Waals surface area (Å²) in [6.45, 7) is 2.05. The predicted molar refractivity (Wildman–Crippen MR) is 73.6 cm³/mol. The second-order valence-corrected chi connectivity index (χ2v) is 4.54. The highest BCUT2D eigenvalue weighted by atomic mass is 15.1. The van der Waals surface area contributed by atoms with Gasteiger partial charge in [-0.05, 0) is 24.1 Å². The van der Waals surface area contributed by atoms with Gasteiger partial charge in [0, 0.05) is 12.6 Å². The number of nitrogens with two attached hydrogens (primary N) is 1. The number of hydrogen-bond donors (Lipinski definition) is 1. The summed E-state index contributed by atoms with van der Waals surface area (Å²) >= 11 is 0. The molecular formula is C15H15N3. The van der Waals surface area contributed by atoms with Crippen LogP contribution >= 0.6 is 0 Å². The van der Waals surface area contributed by atoms with Crippen molar-refractivity contribution in [1.29, 1.82) is 0 Å². The maximum Gasteiger partial charge on any atom is 0.138 e. The van der Waals surface area contributed by atoms with Gasteiger partial charge in [-0.3, -0.25) is 4.40 Å². The summed E-state index contributed by atoms with van der Waals surface area (Å²) in [5, 5.41) is 0. The zero-order chi connectivity index (χ0) is 12.5. The smallest absolute Gasteiger partial charge is 0.138 e. The van der Waals surface area contributed by atoms with E-state index in [0.717, 1.165) is 23.6 Å². The van der Waals surface area contributed by atoms with Crippen molar-refractivity contribution in [3.8, 4) is 0 Å². The molecule has 3 nitrogen and oxygen atoms in total. The first-order chi connectivity index (χ1) is 8.74. The molecular weight excluding hydrogens is 222 g/mol. The van der Waals surface area contributed by atoms with E-state index in [0.29, 0.717) is 0 Å². The Balaban J connectivity index is 2.05. The Morgan fingerprint density at radius 2 is 1.89 bits per heavy atom. The number of anilines is 1. The average molecular weight is 237 g/mol. The SMILES string of the molecule is Cc1ccc2nc(Cc3ccccc3)c(N)n2c1. The van der Waals surface area contributed by atoms with Gasteiger partial charge in [0.25, 0.3) is 0 Å². The summed E-state index contributed by atoms with van der Waals surface area (Å²) in [4.78, 5) is 4.59. The molecule has 2 aromatic heterocycles. The molecule has 3 rings (SSSR count). The molecule has 0 aliphatic carbocycles. The fraction of sp³-hybridized carbons (Fsp3) is 0.133. The quantitative estimate of drug-likeness (QED) is 0.744. The number of imidazole rings is 1. The molecule has 18 heavy (non-hydrogen) atoms. The van der Waals surface area contributed by atoms with E-state index in [1.807, 2.05) is 40.9 Å². The van der Waals surface area contributed by atoms with E-state index < -0.39 is 0 Å². The maximum absolute atomic E-state index is 6.16. The molecule has 0 radical (unpaired) electrons. The summed E-state index contributed by atoms with van der Waals surface area (Å²) in [6, 6.07) is 14.3. The highest BCUT2D eigenvalue weighted by Crippen LogP contribution is 2.18. The van der Waals surface area contributed by atoms with Gasteiger partial charge in [-0.2, -0.15) is 0 Å². The van der Waals surface area contributed by atoms with Crippen LogP contribution in [0, 0.1) is 6.92 Å².